The average Bonchev–Trinajstić information content (AvgIpc) is 2.50. The minimum absolute atomic E-state index is 0.190. The molecule has 0 aliphatic rings. The van der Waals surface area contributed by atoms with E-state index in [1.54, 1.807) is 0 Å². The lowest BCUT2D eigenvalue weighted by atomic mass is 10.1. The van der Waals surface area contributed by atoms with Crippen LogP contribution in [0.1, 0.15) is 5.56 Å². The molecule has 2 amide bonds. The monoisotopic (exact) mass is 361 g/mol. The Hall–Kier alpha value is -2.01. The maximum Gasteiger partial charge on any atom is 0.319 e. The number of urea groups is 1. The lowest BCUT2D eigenvalue weighted by Gasteiger charge is -2.13. The molecule has 0 aliphatic heterocycles. The summed E-state index contributed by atoms with van der Waals surface area (Å²) in [6.07, 6.45) is 0.786. The number of nitrogens with one attached hydrogen (secondary N) is 2. The van der Waals surface area contributed by atoms with Crippen molar-refractivity contribution in [2.24, 2.45) is 0 Å². The molecule has 2 rings (SSSR count). The minimum atomic E-state index is -0.190. The molecule has 4 nitrogen and oxygen atoms in total. The summed E-state index contributed by atoms with van der Waals surface area (Å²) in [5.41, 5.74) is 3.06. The fourth-order valence-electron chi connectivity index (χ4n) is 2.03. The largest absolute Gasteiger partial charge is 0.378 e. The summed E-state index contributed by atoms with van der Waals surface area (Å²) in [7, 11) is 3.97. The Balaban J connectivity index is 1.79. The van der Waals surface area contributed by atoms with Crippen LogP contribution in [0.25, 0.3) is 0 Å². The molecule has 22 heavy (non-hydrogen) atoms. The van der Waals surface area contributed by atoms with Gasteiger partial charge in [0.1, 0.15) is 0 Å². The normalized spacial score (nSPS) is 10.1. The number of hydrogen-bond donors (Lipinski definition) is 2. The Morgan fingerprint density at radius 1 is 1.09 bits per heavy atom. The fraction of sp³-hybridized carbons (Fsp3) is 0.235. The predicted octanol–water partition coefficient (Wildman–Crippen LogP) is 3.88. The lowest BCUT2D eigenvalue weighted by Crippen LogP contribution is -2.30. The number of nitrogens with zero attached hydrogens (tertiary/aromatic N) is 1. The molecule has 0 atom stereocenters. The van der Waals surface area contributed by atoms with Crippen LogP contribution in [0.5, 0.6) is 0 Å². The van der Waals surface area contributed by atoms with E-state index in [-0.39, 0.29) is 6.03 Å². The number of amides is 2. The highest BCUT2D eigenvalue weighted by molar-refractivity contribution is 9.10. The Kier molecular flexibility index (Phi) is 5.83. The molecule has 0 unspecified atom stereocenters. The van der Waals surface area contributed by atoms with Gasteiger partial charge in [-0.3, -0.25) is 0 Å². The van der Waals surface area contributed by atoms with Gasteiger partial charge >= 0.3 is 6.03 Å². The van der Waals surface area contributed by atoms with Crippen LogP contribution < -0.4 is 15.5 Å². The molecule has 0 spiro atoms. The number of anilines is 2. The molecule has 0 saturated heterocycles. The molecule has 2 aromatic carbocycles. The Morgan fingerprint density at radius 3 is 2.41 bits per heavy atom. The van der Waals surface area contributed by atoms with E-state index in [1.807, 2.05) is 67.5 Å². The summed E-state index contributed by atoms with van der Waals surface area (Å²) in [6, 6.07) is 15.5. The second kappa shape index (κ2) is 7.84. The Labute approximate surface area is 139 Å². The van der Waals surface area contributed by atoms with Gasteiger partial charge in [0.25, 0.3) is 0 Å². The molecule has 0 aromatic heterocycles. The van der Waals surface area contributed by atoms with Gasteiger partial charge in [-0.25, -0.2) is 4.79 Å². The SMILES string of the molecule is CN(C)c1ccc(NC(=O)NCCc2ccccc2Br)cc1. The van der Waals surface area contributed by atoms with E-state index in [1.165, 1.54) is 5.56 Å². The first-order chi connectivity index (χ1) is 10.6. The summed E-state index contributed by atoms with van der Waals surface area (Å²) in [5, 5.41) is 5.69. The summed E-state index contributed by atoms with van der Waals surface area (Å²) in [6.45, 7) is 0.588. The third kappa shape index (κ3) is 4.77. The molecule has 0 aliphatic carbocycles. The van der Waals surface area contributed by atoms with Crippen LogP contribution in [0.15, 0.2) is 53.0 Å². The van der Waals surface area contributed by atoms with Crippen molar-refractivity contribution in [2.75, 3.05) is 30.9 Å². The van der Waals surface area contributed by atoms with Crippen molar-refractivity contribution in [2.45, 2.75) is 6.42 Å². The van der Waals surface area contributed by atoms with Gasteiger partial charge in [-0.05, 0) is 42.3 Å². The fourth-order valence-corrected chi connectivity index (χ4v) is 2.51. The maximum atomic E-state index is 11.9. The van der Waals surface area contributed by atoms with Gasteiger partial charge in [0, 0.05) is 36.5 Å². The van der Waals surface area contributed by atoms with Crippen LogP contribution in [0.4, 0.5) is 16.2 Å². The van der Waals surface area contributed by atoms with Crippen molar-refractivity contribution in [3.8, 4) is 0 Å². The Morgan fingerprint density at radius 2 is 1.77 bits per heavy atom. The van der Waals surface area contributed by atoms with E-state index in [0.717, 1.165) is 22.3 Å². The molecule has 0 saturated carbocycles. The zero-order chi connectivity index (χ0) is 15.9. The highest BCUT2D eigenvalue weighted by Gasteiger charge is 2.03. The van der Waals surface area contributed by atoms with Crippen LogP contribution in [0, 0.1) is 0 Å². The molecular weight excluding hydrogens is 342 g/mol. The van der Waals surface area contributed by atoms with Crippen LogP contribution in [-0.4, -0.2) is 26.7 Å². The molecular formula is C17H20BrN3O. The third-order valence-electron chi connectivity index (χ3n) is 3.28. The molecule has 0 fully saturated rings. The van der Waals surface area contributed by atoms with Gasteiger partial charge < -0.3 is 15.5 Å². The van der Waals surface area contributed by atoms with Crippen LogP contribution in [0.3, 0.4) is 0 Å². The van der Waals surface area contributed by atoms with E-state index >= 15 is 0 Å². The maximum absolute atomic E-state index is 11.9. The van der Waals surface area contributed by atoms with Gasteiger partial charge in [0.2, 0.25) is 0 Å². The minimum Gasteiger partial charge on any atom is -0.378 e. The molecule has 116 valence electrons. The third-order valence-corrected chi connectivity index (χ3v) is 4.05. The second-order valence-corrected chi connectivity index (χ2v) is 6.02. The zero-order valence-corrected chi connectivity index (χ0v) is 14.4. The molecule has 0 bridgehead atoms. The van der Waals surface area contributed by atoms with Gasteiger partial charge in [0.15, 0.2) is 0 Å². The highest BCUT2D eigenvalue weighted by Crippen LogP contribution is 2.16. The van der Waals surface area contributed by atoms with Crippen LogP contribution >= 0.6 is 15.9 Å². The molecule has 0 heterocycles. The first-order valence-corrected chi connectivity index (χ1v) is 7.91. The molecule has 2 aromatic rings. The quantitative estimate of drug-likeness (QED) is 0.848. The Bertz CT molecular complexity index is 626. The van der Waals surface area contributed by atoms with Crippen molar-refractivity contribution in [3.05, 3.63) is 58.6 Å². The second-order valence-electron chi connectivity index (χ2n) is 5.16. The summed E-state index contributed by atoms with van der Waals surface area (Å²) < 4.78 is 1.07. The molecule has 0 radical (unpaired) electrons. The number of hydrogen-bond acceptors (Lipinski definition) is 2. The molecule has 5 heteroatoms. The summed E-state index contributed by atoms with van der Waals surface area (Å²) in [5.74, 6) is 0. The van der Waals surface area contributed by atoms with Crippen molar-refractivity contribution in [1.82, 2.24) is 5.32 Å². The van der Waals surface area contributed by atoms with E-state index in [2.05, 4.69) is 26.6 Å². The van der Waals surface area contributed by atoms with Crippen molar-refractivity contribution < 1.29 is 4.79 Å². The number of benzene rings is 2. The van der Waals surface area contributed by atoms with E-state index in [4.69, 9.17) is 0 Å². The predicted molar refractivity (Wildman–Crippen MR) is 95.6 cm³/mol. The van der Waals surface area contributed by atoms with E-state index in [9.17, 15) is 4.79 Å². The van der Waals surface area contributed by atoms with Crippen molar-refractivity contribution in [3.63, 3.8) is 0 Å². The van der Waals surface area contributed by atoms with Crippen molar-refractivity contribution in [1.29, 1.82) is 0 Å². The summed E-state index contributed by atoms with van der Waals surface area (Å²) in [4.78, 5) is 13.9. The first kappa shape index (κ1) is 16.4. The van der Waals surface area contributed by atoms with Gasteiger partial charge in [-0.15, -0.1) is 0 Å². The topological polar surface area (TPSA) is 44.4 Å². The van der Waals surface area contributed by atoms with E-state index in [0.29, 0.717) is 6.54 Å². The van der Waals surface area contributed by atoms with Gasteiger partial charge in [-0.1, -0.05) is 34.1 Å². The number of carbonyl (C=O) groups is 1. The van der Waals surface area contributed by atoms with Crippen LogP contribution in [0.2, 0.25) is 0 Å². The number of rotatable bonds is 5. The van der Waals surface area contributed by atoms with Crippen LogP contribution in [-0.2, 0) is 6.42 Å². The van der Waals surface area contributed by atoms with Crippen molar-refractivity contribution >= 4 is 33.3 Å². The highest BCUT2D eigenvalue weighted by atomic mass is 79.9. The molecule has 2 N–H and O–H groups in total. The zero-order valence-electron chi connectivity index (χ0n) is 12.8. The summed E-state index contributed by atoms with van der Waals surface area (Å²) >= 11 is 3.50. The smallest absolute Gasteiger partial charge is 0.319 e. The first-order valence-electron chi connectivity index (χ1n) is 7.12. The number of carbonyl (C=O) groups excluding carboxylic acids is 1. The average molecular weight is 362 g/mol. The van der Waals surface area contributed by atoms with Gasteiger partial charge in [0.05, 0.1) is 0 Å². The van der Waals surface area contributed by atoms with Gasteiger partial charge in [-0.2, -0.15) is 0 Å². The standard InChI is InChI=1S/C17H20BrN3O/c1-21(2)15-9-7-14(8-10-15)20-17(22)19-12-11-13-5-3-4-6-16(13)18/h3-10H,11-12H2,1-2H3,(H2,19,20,22). The lowest BCUT2D eigenvalue weighted by molar-refractivity contribution is 0.252. The van der Waals surface area contributed by atoms with E-state index < -0.39 is 0 Å². The number of halogens is 1.